The molecule has 0 aromatic heterocycles. The van der Waals surface area contributed by atoms with Gasteiger partial charge in [-0.1, -0.05) is 60.1 Å². The summed E-state index contributed by atoms with van der Waals surface area (Å²) >= 11 is 6.17. The first-order valence-corrected chi connectivity index (χ1v) is 9.30. The maximum Gasteiger partial charge on any atom is 0.344 e. The molecule has 1 fully saturated rings. The molecule has 7 nitrogen and oxygen atoms in total. The number of nitrogens with two attached hydrogens (primary N) is 1. The summed E-state index contributed by atoms with van der Waals surface area (Å²) in [6.45, 7) is 3.57. The lowest BCUT2D eigenvalue weighted by atomic mass is 9.92. The van der Waals surface area contributed by atoms with E-state index in [-0.39, 0.29) is 12.6 Å². The molecule has 2 aromatic rings. The number of carbonyl (C=O) groups is 3. The minimum Gasteiger partial charge on any atom is -0.332 e. The molecule has 0 bridgehead atoms. The number of rotatable bonds is 6. The number of imide groups is 1. The van der Waals surface area contributed by atoms with E-state index in [1.54, 1.807) is 42.6 Å². The zero-order valence-electron chi connectivity index (χ0n) is 15.6. The number of hydrogen-bond donors (Lipinski definition) is 3. The number of urea groups is 1. The average Bonchev–Trinajstić information content (AvgIpc) is 2.91. The Morgan fingerprint density at radius 3 is 2.50 bits per heavy atom. The molecule has 2 atom stereocenters. The van der Waals surface area contributed by atoms with E-state index < -0.39 is 23.4 Å². The van der Waals surface area contributed by atoms with E-state index >= 15 is 0 Å². The van der Waals surface area contributed by atoms with Gasteiger partial charge in [0.15, 0.2) is 6.54 Å². The van der Waals surface area contributed by atoms with Crippen molar-refractivity contribution in [1.82, 2.24) is 15.8 Å². The largest absolute Gasteiger partial charge is 0.344 e. The van der Waals surface area contributed by atoms with Crippen molar-refractivity contribution in [2.24, 2.45) is 0 Å². The normalized spacial score (nSPS) is 20.0. The molecule has 1 heterocycles. The Morgan fingerprint density at radius 1 is 1.18 bits per heavy atom. The van der Waals surface area contributed by atoms with Crippen molar-refractivity contribution >= 4 is 29.4 Å². The van der Waals surface area contributed by atoms with Gasteiger partial charge in [0.2, 0.25) is 0 Å². The lowest BCUT2D eigenvalue weighted by molar-refractivity contribution is -0.682. The topological polar surface area (TPSA) is 95.1 Å². The van der Waals surface area contributed by atoms with Crippen LogP contribution in [0, 0.1) is 0 Å². The standard InChI is InChI=1S/C20H21ClN4O3/c1-13(15-10-6-7-11-16(15)21)22-12-17(26)24-25-18(27)20(2,23-19(25)28)14-8-4-3-5-9-14/h3-11,13,22H,12H2,1-2H3,(H,23,28)(H,24,26)/p+1/t13-,20+/m0/s1. The van der Waals surface area contributed by atoms with Gasteiger partial charge < -0.3 is 10.6 Å². The minimum absolute atomic E-state index is 0.0332. The summed E-state index contributed by atoms with van der Waals surface area (Å²) in [6, 6.07) is 15.6. The summed E-state index contributed by atoms with van der Waals surface area (Å²) in [5.74, 6) is -0.990. The fraction of sp³-hybridized carbons (Fsp3) is 0.250. The van der Waals surface area contributed by atoms with Crippen LogP contribution in [0.3, 0.4) is 0 Å². The van der Waals surface area contributed by atoms with Gasteiger partial charge in [-0.2, -0.15) is 5.01 Å². The summed E-state index contributed by atoms with van der Waals surface area (Å²) in [5.41, 5.74) is 2.72. The summed E-state index contributed by atoms with van der Waals surface area (Å²) in [7, 11) is 0. The predicted molar refractivity (Wildman–Crippen MR) is 104 cm³/mol. The molecule has 2 aromatic carbocycles. The SMILES string of the molecule is C[C@H]([NH2+]CC(=O)NN1C(=O)N[C@](C)(c2ccccc2)C1=O)c1ccccc1Cl. The Kier molecular flexibility index (Phi) is 5.67. The van der Waals surface area contributed by atoms with E-state index in [1.165, 1.54) is 0 Å². The highest BCUT2D eigenvalue weighted by Gasteiger charge is 2.50. The first kappa shape index (κ1) is 19.9. The molecule has 0 radical (unpaired) electrons. The average molecular weight is 402 g/mol. The highest BCUT2D eigenvalue weighted by Crippen LogP contribution is 2.27. The molecule has 0 spiro atoms. The van der Waals surface area contributed by atoms with Gasteiger partial charge in [0.1, 0.15) is 11.6 Å². The molecular weight excluding hydrogens is 380 g/mol. The third-order valence-electron chi connectivity index (χ3n) is 4.83. The fourth-order valence-corrected chi connectivity index (χ4v) is 3.44. The Morgan fingerprint density at radius 2 is 1.82 bits per heavy atom. The van der Waals surface area contributed by atoms with Crippen LogP contribution in [0.4, 0.5) is 4.79 Å². The Hall–Kier alpha value is -2.90. The summed E-state index contributed by atoms with van der Waals surface area (Å²) < 4.78 is 0. The molecule has 0 saturated carbocycles. The third-order valence-corrected chi connectivity index (χ3v) is 5.18. The zero-order valence-corrected chi connectivity index (χ0v) is 16.4. The summed E-state index contributed by atoms with van der Waals surface area (Å²) in [6.07, 6.45) is 0. The minimum atomic E-state index is -1.22. The Bertz CT molecular complexity index is 905. The van der Waals surface area contributed by atoms with Gasteiger partial charge in [-0.25, -0.2) is 4.79 Å². The lowest BCUT2D eigenvalue weighted by Crippen LogP contribution is -2.87. The van der Waals surface area contributed by atoms with E-state index in [0.717, 1.165) is 10.6 Å². The number of nitrogens with one attached hydrogen (secondary N) is 2. The van der Waals surface area contributed by atoms with Crippen LogP contribution in [0.5, 0.6) is 0 Å². The first-order chi connectivity index (χ1) is 13.3. The molecule has 4 N–H and O–H groups in total. The smallest absolute Gasteiger partial charge is 0.332 e. The van der Waals surface area contributed by atoms with Crippen LogP contribution in [0.2, 0.25) is 5.02 Å². The van der Waals surface area contributed by atoms with Crippen molar-refractivity contribution in [3.63, 3.8) is 0 Å². The van der Waals surface area contributed by atoms with Gasteiger partial charge in [-0.15, -0.1) is 0 Å². The number of hydrogen-bond acceptors (Lipinski definition) is 3. The van der Waals surface area contributed by atoms with Gasteiger partial charge >= 0.3 is 6.03 Å². The summed E-state index contributed by atoms with van der Waals surface area (Å²) in [4.78, 5) is 37.4. The van der Waals surface area contributed by atoms with Gasteiger partial charge in [0.25, 0.3) is 11.8 Å². The first-order valence-electron chi connectivity index (χ1n) is 8.92. The van der Waals surface area contributed by atoms with E-state index in [2.05, 4.69) is 10.7 Å². The van der Waals surface area contributed by atoms with Crippen LogP contribution in [-0.4, -0.2) is 29.4 Å². The molecule has 1 aliphatic heterocycles. The Labute approximate surface area is 168 Å². The second-order valence-electron chi connectivity index (χ2n) is 6.85. The van der Waals surface area contributed by atoms with Crippen LogP contribution in [0.1, 0.15) is 31.0 Å². The third kappa shape index (κ3) is 3.85. The number of halogens is 1. The van der Waals surface area contributed by atoms with Crippen molar-refractivity contribution in [2.75, 3.05) is 6.54 Å². The van der Waals surface area contributed by atoms with Gasteiger partial charge in [0, 0.05) is 10.6 Å². The number of nitrogens with zero attached hydrogens (tertiary/aromatic N) is 1. The molecule has 1 aliphatic rings. The second kappa shape index (κ2) is 8.00. The van der Waals surface area contributed by atoms with Crippen molar-refractivity contribution in [3.05, 3.63) is 70.7 Å². The van der Waals surface area contributed by atoms with Crippen LogP contribution in [-0.2, 0) is 15.1 Å². The van der Waals surface area contributed by atoms with Crippen LogP contribution >= 0.6 is 11.6 Å². The van der Waals surface area contributed by atoms with E-state index in [1.807, 2.05) is 31.2 Å². The van der Waals surface area contributed by atoms with Crippen LogP contribution in [0.15, 0.2) is 54.6 Å². The fourth-order valence-electron chi connectivity index (χ4n) is 3.13. The van der Waals surface area contributed by atoms with Gasteiger partial charge in [-0.3, -0.25) is 15.0 Å². The highest BCUT2D eigenvalue weighted by atomic mass is 35.5. The molecule has 4 amide bonds. The molecule has 3 rings (SSSR count). The molecular formula is C20H22ClN4O3+. The zero-order chi connectivity index (χ0) is 20.3. The molecule has 146 valence electrons. The molecule has 0 aliphatic carbocycles. The van der Waals surface area contributed by atoms with Crippen LogP contribution in [0.25, 0.3) is 0 Å². The van der Waals surface area contributed by atoms with Gasteiger partial charge in [-0.05, 0) is 25.5 Å². The second-order valence-corrected chi connectivity index (χ2v) is 7.25. The Balaban J connectivity index is 1.62. The monoisotopic (exact) mass is 401 g/mol. The van der Waals surface area contributed by atoms with E-state index in [9.17, 15) is 14.4 Å². The number of amides is 4. The number of carbonyl (C=O) groups excluding carboxylic acids is 3. The van der Waals surface area contributed by atoms with E-state index in [0.29, 0.717) is 10.6 Å². The molecule has 8 heteroatoms. The van der Waals surface area contributed by atoms with E-state index in [4.69, 9.17) is 11.6 Å². The van der Waals surface area contributed by atoms with Crippen molar-refractivity contribution in [3.8, 4) is 0 Å². The molecule has 28 heavy (non-hydrogen) atoms. The quantitative estimate of drug-likeness (QED) is 0.639. The summed E-state index contributed by atoms with van der Waals surface area (Å²) in [5, 5.41) is 5.79. The number of quaternary nitrogens is 1. The van der Waals surface area contributed by atoms with Gasteiger partial charge in [0.05, 0.1) is 0 Å². The predicted octanol–water partition coefficient (Wildman–Crippen LogP) is 1.46. The maximum atomic E-state index is 12.8. The number of benzene rings is 2. The van der Waals surface area contributed by atoms with Crippen molar-refractivity contribution < 1.29 is 19.7 Å². The van der Waals surface area contributed by atoms with Crippen LogP contribution < -0.4 is 16.1 Å². The van der Waals surface area contributed by atoms with Crippen molar-refractivity contribution in [1.29, 1.82) is 0 Å². The van der Waals surface area contributed by atoms with Crippen molar-refractivity contribution in [2.45, 2.75) is 25.4 Å². The number of hydrazine groups is 1. The lowest BCUT2D eigenvalue weighted by Gasteiger charge is -2.22. The highest BCUT2D eigenvalue weighted by molar-refractivity contribution is 6.31. The molecule has 1 saturated heterocycles. The molecule has 0 unspecified atom stereocenters. The maximum absolute atomic E-state index is 12.8.